The van der Waals surface area contributed by atoms with E-state index in [1.165, 1.54) is 17.0 Å². The number of fused-ring (bicyclic) bond motifs is 5. The number of rotatable bonds is 2. The second kappa shape index (κ2) is 4.06. The number of carbonyl (C=O) groups is 3. The molecule has 2 bridgehead atoms. The van der Waals surface area contributed by atoms with Crippen LogP contribution in [0.15, 0.2) is 36.4 Å². The number of anilines is 1. The van der Waals surface area contributed by atoms with Crippen molar-refractivity contribution >= 4 is 23.5 Å². The summed E-state index contributed by atoms with van der Waals surface area (Å²) >= 11 is 0. The predicted octanol–water partition coefficient (Wildman–Crippen LogP) is 2.09. The zero-order chi connectivity index (χ0) is 15.6. The number of carbonyl (C=O) groups excluding carboxylic acids is 2. The molecule has 0 spiro atoms. The van der Waals surface area contributed by atoms with Crippen LogP contribution in [0.1, 0.15) is 23.7 Å². The smallest absolute Gasteiger partial charge is 0.335 e. The molecule has 4 rings (SSSR count). The number of hydrogen-bond donors (Lipinski definition) is 1. The zero-order valence-corrected chi connectivity index (χ0v) is 12.0. The number of aromatic carboxylic acids is 1. The van der Waals surface area contributed by atoms with Crippen LogP contribution in [0.25, 0.3) is 0 Å². The molecule has 2 aliphatic carbocycles. The summed E-state index contributed by atoms with van der Waals surface area (Å²) in [6, 6.07) is 6.01. The molecule has 1 saturated carbocycles. The van der Waals surface area contributed by atoms with Crippen LogP contribution in [0.3, 0.4) is 0 Å². The number of allylic oxidation sites excluding steroid dienone is 2. The molecular weight excluding hydrogens is 282 g/mol. The van der Waals surface area contributed by atoms with Crippen molar-refractivity contribution < 1.29 is 19.5 Å². The molecule has 1 heterocycles. The average Bonchev–Trinajstić information content (AvgIpc) is 3.12. The van der Waals surface area contributed by atoms with Crippen molar-refractivity contribution in [3.05, 3.63) is 42.0 Å². The van der Waals surface area contributed by atoms with Crippen molar-refractivity contribution in [1.82, 2.24) is 0 Å². The molecule has 2 fully saturated rings. The number of nitrogens with zero attached hydrogens (tertiary/aromatic N) is 1. The van der Waals surface area contributed by atoms with Crippen molar-refractivity contribution in [3.63, 3.8) is 0 Å². The van der Waals surface area contributed by atoms with Gasteiger partial charge in [-0.3, -0.25) is 9.59 Å². The zero-order valence-electron chi connectivity index (χ0n) is 12.0. The standard InChI is InChI=1S/C17H15NO4/c1-17-11-6-5-9(7-11)13(17)14(19)18(16(17)22)12-4-2-3-10(8-12)15(20)21/h2-6,8-9,11,13H,7H2,1H3,(H,20,21)/t9-,11+,13?,17?/m1/s1. The molecule has 112 valence electrons. The largest absolute Gasteiger partial charge is 0.478 e. The van der Waals surface area contributed by atoms with Gasteiger partial charge < -0.3 is 5.11 Å². The SMILES string of the molecule is CC12C(=O)N(c3cccc(C(=O)O)c3)C(=O)C1[C@@H]1C=C[C@H]2C1. The highest BCUT2D eigenvalue weighted by atomic mass is 16.4. The van der Waals surface area contributed by atoms with Gasteiger partial charge in [0.1, 0.15) is 0 Å². The Balaban J connectivity index is 1.79. The fourth-order valence-corrected chi connectivity index (χ4v) is 4.33. The van der Waals surface area contributed by atoms with E-state index in [-0.39, 0.29) is 35.1 Å². The van der Waals surface area contributed by atoms with Crippen LogP contribution < -0.4 is 4.90 Å². The Labute approximate surface area is 127 Å². The first-order valence-corrected chi connectivity index (χ1v) is 7.34. The first-order valence-electron chi connectivity index (χ1n) is 7.34. The van der Waals surface area contributed by atoms with E-state index >= 15 is 0 Å². The lowest BCUT2D eigenvalue weighted by molar-refractivity contribution is -0.127. The summed E-state index contributed by atoms with van der Waals surface area (Å²) in [5, 5.41) is 9.09. The van der Waals surface area contributed by atoms with Crippen LogP contribution in [-0.4, -0.2) is 22.9 Å². The molecule has 4 atom stereocenters. The van der Waals surface area contributed by atoms with Crippen molar-refractivity contribution in [2.75, 3.05) is 4.90 Å². The minimum absolute atomic E-state index is 0.0707. The van der Waals surface area contributed by atoms with Gasteiger partial charge in [-0.2, -0.15) is 0 Å². The van der Waals surface area contributed by atoms with Crippen LogP contribution in [-0.2, 0) is 9.59 Å². The van der Waals surface area contributed by atoms with Gasteiger partial charge in [0.25, 0.3) is 0 Å². The molecule has 3 aliphatic rings. The molecule has 2 unspecified atom stereocenters. The third-order valence-electron chi connectivity index (χ3n) is 5.46. The Morgan fingerprint density at radius 1 is 1.32 bits per heavy atom. The highest BCUT2D eigenvalue weighted by molar-refractivity contribution is 6.24. The Kier molecular flexibility index (Phi) is 2.45. The number of hydrogen-bond acceptors (Lipinski definition) is 3. The summed E-state index contributed by atoms with van der Waals surface area (Å²) in [6.07, 6.45) is 4.95. The molecule has 0 aromatic heterocycles. The van der Waals surface area contributed by atoms with Gasteiger partial charge >= 0.3 is 5.97 Å². The van der Waals surface area contributed by atoms with Crippen molar-refractivity contribution in [2.45, 2.75) is 13.3 Å². The number of amides is 2. The molecule has 1 aromatic rings. The van der Waals surface area contributed by atoms with Gasteiger partial charge in [0.15, 0.2) is 0 Å². The Morgan fingerprint density at radius 2 is 2.09 bits per heavy atom. The lowest BCUT2D eigenvalue weighted by Gasteiger charge is -2.28. The topological polar surface area (TPSA) is 74.7 Å². The predicted molar refractivity (Wildman–Crippen MR) is 78.2 cm³/mol. The van der Waals surface area contributed by atoms with Gasteiger partial charge in [-0.15, -0.1) is 0 Å². The normalized spacial score (nSPS) is 35.3. The molecule has 1 aromatic carbocycles. The van der Waals surface area contributed by atoms with Crippen LogP contribution in [0.2, 0.25) is 0 Å². The van der Waals surface area contributed by atoms with Gasteiger partial charge in [0.05, 0.1) is 22.6 Å². The maximum absolute atomic E-state index is 12.9. The molecule has 0 radical (unpaired) electrons. The lowest BCUT2D eigenvalue weighted by atomic mass is 9.71. The van der Waals surface area contributed by atoms with Crippen LogP contribution >= 0.6 is 0 Å². The van der Waals surface area contributed by atoms with Crippen LogP contribution in [0.4, 0.5) is 5.69 Å². The van der Waals surface area contributed by atoms with Gasteiger partial charge in [-0.05, 0) is 43.4 Å². The maximum atomic E-state index is 12.9. The second-order valence-electron chi connectivity index (χ2n) is 6.49. The summed E-state index contributed by atoms with van der Waals surface area (Å²) in [7, 11) is 0. The average molecular weight is 297 g/mol. The fraction of sp³-hybridized carbons (Fsp3) is 0.353. The van der Waals surface area contributed by atoms with Crippen molar-refractivity contribution in [3.8, 4) is 0 Å². The fourth-order valence-electron chi connectivity index (χ4n) is 4.33. The molecule has 1 N–H and O–H groups in total. The number of carboxylic acid groups (broad SMARTS) is 1. The molecule has 5 heteroatoms. The van der Waals surface area contributed by atoms with Crippen molar-refractivity contribution in [2.24, 2.45) is 23.2 Å². The van der Waals surface area contributed by atoms with Gasteiger partial charge in [0, 0.05) is 0 Å². The minimum Gasteiger partial charge on any atom is -0.478 e. The third kappa shape index (κ3) is 1.41. The van der Waals surface area contributed by atoms with E-state index in [9.17, 15) is 14.4 Å². The quantitative estimate of drug-likeness (QED) is 0.670. The first-order chi connectivity index (χ1) is 10.4. The number of imide groups is 1. The summed E-state index contributed by atoms with van der Waals surface area (Å²) < 4.78 is 0. The highest BCUT2D eigenvalue weighted by Crippen LogP contribution is 2.60. The van der Waals surface area contributed by atoms with E-state index < -0.39 is 11.4 Å². The Bertz CT molecular complexity index is 753. The lowest BCUT2D eigenvalue weighted by Crippen LogP contribution is -2.37. The monoisotopic (exact) mass is 297 g/mol. The van der Waals surface area contributed by atoms with Crippen LogP contribution in [0.5, 0.6) is 0 Å². The van der Waals surface area contributed by atoms with E-state index in [1.54, 1.807) is 12.1 Å². The van der Waals surface area contributed by atoms with E-state index in [2.05, 4.69) is 0 Å². The Hall–Kier alpha value is -2.43. The first kappa shape index (κ1) is 13.2. The Morgan fingerprint density at radius 3 is 2.77 bits per heavy atom. The van der Waals surface area contributed by atoms with E-state index in [4.69, 9.17) is 5.11 Å². The second-order valence-corrected chi connectivity index (χ2v) is 6.49. The van der Waals surface area contributed by atoms with Gasteiger partial charge in [0.2, 0.25) is 11.8 Å². The van der Waals surface area contributed by atoms with Gasteiger partial charge in [-0.1, -0.05) is 18.2 Å². The van der Waals surface area contributed by atoms with Crippen LogP contribution in [0, 0.1) is 23.2 Å². The molecule has 2 amide bonds. The molecule has 22 heavy (non-hydrogen) atoms. The summed E-state index contributed by atoms with van der Waals surface area (Å²) in [5.74, 6) is -1.57. The third-order valence-corrected chi connectivity index (χ3v) is 5.46. The summed E-state index contributed by atoms with van der Waals surface area (Å²) in [5.41, 5.74) is -0.262. The number of benzene rings is 1. The van der Waals surface area contributed by atoms with E-state index in [0.29, 0.717) is 5.69 Å². The maximum Gasteiger partial charge on any atom is 0.335 e. The van der Waals surface area contributed by atoms with E-state index in [0.717, 1.165) is 6.42 Å². The van der Waals surface area contributed by atoms with Crippen molar-refractivity contribution in [1.29, 1.82) is 0 Å². The summed E-state index contributed by atoms with van der Waals surface area (Å²) in [4.78, 5) is 38.0. The molecule has 1 saturated heterocycles. The highest BCUT2D eigenvalue weighted by Gasteiger charge is 2.67. The summed E-state index contributed by atoms with van der Waals surface area (Å²) in [6.45, 7) is 1.87. The van der Waals surface area contributed by atoms with E-state index in [1.807, 2.05) is 19.1 Å². The number of carboxylic acids is 1. The minimum atomic E-state index is -1.07. The molecule has 1 aliphatic heterocycles. The molecule has 5 nitrogen and oxygen atoms in total. The molecular formula is C17H15NO4. The van der Waals surface area contributed by atoms with Gasteiger partial charge in [-0.25, -0.2) is 9.69 Å².